The molecule has 0 aromatic heterocycles. The van der Waals surface area contributed by atoms with Crippen molar-refractivity contribution in [1.29, 1.82) is 0 Å². The minimum Gasteiger partial charge on any atom is -0.392 e. The lowest BCUT2D eigenvalue weighted by atomic mass is 10.2. The number of carbonyl (C=O) groups is 1. The molecule has 0 heterocycles. The number of halogens is 1. The van der Waals surface area contributed by atoms with Crippen molar-refractivity contribution in [2.24, 2.45) is 0 Å². The van der Waals surface area contributed by atoms with E-state index < -0.39 is 16.1 Å². The molecule has 0 aliphatic carbocycles. The molecule has 1 amide bonds. The van der Waals surface area contributed by atoms with Crippen molar-refractivity contribution < 1.29 is 18.3 Å². The number of carbonyl (C=O) groups excluding carboxylic acids is 1. The molecule has 0 spiro atoms. The smallest absolute Gasteiger partial charge is 0.261 e. The van der Waals surface area contributed by atoms with Gasteiger partial charge in [0, 0.05) is 22.3 Å². The lowest BCUT2D eigenvalue weighted by Gasteiger charge is -2.10. The van der Waals surface area contributed by atoms with Crippen molar-refractivity contribution in [3.8, 4) is 0 Å². The van der Waals surface area contributed by atoms with E-state index in [4.69, 9.17) is 5.11 Å². The molecule has 2 rings (SSSR count). The Bertz CT molecular complexity index is 803. The van der Waals surface area contributed by atoms with Crippen LogP contribution in [0.3, 0.4) is 0 Å². The summed E-state index contributed by atoms with van der Waals surface area (Å²) in [4.78, 5) is 12.0. The van der Waals surface area contributed by atoms with Crippen molar-refractivity contribution in [2.45, 2.75) is 17.9 Å². The van der Waals surface area contributed by atoms with Crippen molar-refractivity contribution in [1.82, 2.24) is 5.32 Å². The zero-order chi connectivity index (χ0) is 17.7. The van der Waals surface area contributed by atoms with E-state index in [0.29, 0.717) is 11.3 Å². The number of rotatable bonds is 6. The monoisotopic (exact) mass is 412 g/mol. The van der Waals surface area contributed by atoms with Gasteiger partial charge in [-0.3, -0.25) is 9.52 Å². The van der Waals surface area contributed by atoms with E-state index in [2.05, 4.69) is 26.0 Å². The summed E-state index contributed by atoms with van der Waals surface area (Å²) < 4.78 is 27.8. The van der Waals surface area contributed by atoms with Crippen LogP contribution in [0.15, 0.2) is 57.9 Å². The summed E-state index contributed by atoms with van der Waals surface area (Å²) in [7, 11) is -3.69. The van der Waals surface area contributed by atoms with Gasteiger partial charge < -0.3 is 10.4 Å². The number of aliphatic hydroxyl groups is 1. The van der Waals surface area contributed by atoms with Crippen LogP contribution >= 0.6 is 15.9 Å². The van der Waals surface area contributed by atoms with E-state index in [0.717, 1.165) is 4.47 Å². The first-order valence-electron chi connectivity index (χ1n) is 7.12. The number of hydrogen-bond acceptors (Lipinski definition) is 4. The molecule has 0 fully saturated rings. The van der Waals surface area contributed by atoms with Gasteiger partial charge in [0.1, 0.15) is 0 Å². The van der Waals surface area contributed by atoms with Crippen LogP contribution in [0.1, 0.15) is 17.3 Å². The van der Waals surface area contributed by atoms with E-state index in [1.165, 1.54) is 36.4 Å². The Morgan fingerprint density at radius 2 is 1.71 bits per heavy atom. The van der Waals surface area contributed by atoms with Gasteiger partial charge in [0.05, 0.1) is 11.0 Å². The van der Waals surface area contributed by atoms with Crippen LogP contribution in [0.5, 0.6) is 0 Å². The first kappa shape index (κ1) is 18.4. The first-order valence-corrected chi connectivity index (χ1v) is 9.40. The fourth-order valence-corrected chi connectivity index (χ4v) is 3.18. The molecule has 8 heteroatoms. The zero-order valence-corrected chi connectivity index (χ0v) is 15.3. The van der Waals surface area contributed by atoms with Crippen LogP contribution < -0.4 is 10.0 Å². The van der Waals surface area contributed by atoms with Gasteiger partial charge in [-0.15, -0.1) is 0 Å². The fraction of sp³-hybridized carbons (Fsp3) is 0.188. The van der Waals surface area contributed by atoms with Crippen LogP contribution in [-0.4, -0.2) is 32.1 Å². The molecule has 24 heavy (non-hydrogen) atoms. The second kappa shape index (κ2) is 7.78. The summed E-state index contributed by atoms with van der Waals surface area (Å²) in [5.74, 6) is -0.335. The third-order valence-electron chi connectivity index (χ3n) is 3.08. The molecule has 0 aliphatic rings. The van der Waals surface area contributed by atoms with Crippen molar-refractivity contribution in [3.05, 3.63) is 58.6 Å². The Balaban J connectivity index is 2.08. The normalized spacial score (nSPS) is 12.5. The van der Waals surface area contributed by atoms with Gasteiger partial charge >= 0.3 is 0 Å². The molecule has 0 saturated carbocycles. The molecule has 6 nitrogen and oxygen atoms in total. The van der Waals surface area contributed by atoms with Gasteiger partial charge in [0.25, 0.3) is 15.9 Å². The summed E-state index contributed by atoms with van der Waals surface area (Å²) in [5.41, 5.74) is 0.729. The quantitative estimate of drug-likeness (QED) is 0.678. The molecule has 1 unspecified atom stereocenters. The van der Waals surface area contributed by atoms with E-state index in [9.17, 15) is 13.2 Å². The Hall–Kier alpha value is -1.90. The summed E-state index contributed by atoms with van der Waals surface area (Å²) in [6, 6.07) is 12.3. The summed E-state index contributed by atoms with van der Waals surface area (Å²) >= 11 is 3.25. The SMILES string of the molecule is CC(O)CNC(=O)c1ccc(NS(=O)(=O)c2ccc(Br)cc2)cc1. The topological polar surface area (TPSA) is 95.5 Å². The average molecular weight is 413 g/mol. The molecular formula is C16H17BrN2O4S. The van der Waals surface area contributed by atoms with Crippen molar-refractivity contribution in [3.63, 3.8) is 0 Å². The molecule has 2 aromatic carbocycles. The highest BCUT2D eigenvalue weighted by Gasteiger charge is 2.14. The van der Waals surface area contributed by atoms with Gasteiger partial charge in [0.15, 0.2) is 0 Å². The molecule has 1 atom stereocenters. The highest BCUT2D eigenvalue weighted by molar-refractivity contribution is 9.10. The van der Waals surface area contributed by atoms with Gasteiger partial charge in [-0.05, 0) is 55.5 Å². The van der Waals surface area contributed by atoms with Gasteiger partial charge in [-0.1, -0.05) is 15.9 Å². The number of sulfonamides is 1. The zero-order valence-electron chi connectivity index (χ0n) is 12.9. The molecule has 0 saturated heterocycles. The Morgan fingerprint density at radius 1 is 1.12 bits per heavy atom. The molecule has 3 N–H and O–H groups in total. The summed E-state index contributed by atoms with van der Waals surface area (Å²) in [6.07, 6.45) is -0.633. The van der Waals surface area contributed by atoms with Gasteiger partial charge in [-0.2, -0.15) is 0 Å². The Labute approximate surface area is 149 Å². The van der Waals surface area contributed by atoms with Crippen LogP contribution in [0, 0.1) is 0 Å². The number of anilines is 1. The second-order valence-corrected chi connectivity index (χ2v) is 7.79. The number of hydrogen-bond donors (Lipinski definition) is 3. The van der Waals surface area contributed by atoms with Gasteiger partial charge in [-0.25, -0.2) is 8.42 Å². The number of nitrogens with one attached hydrogen (secondary N) is 2. The number of amides is 1. The molecule has 2 aromatic rings. The second-order valence-electron chi connectivity index (χ2n) is 5.20. The van der Waals surface area contributed by atoms with Crippen LogP contribution in [0.2, 0.25) is 0 Å². The van der Waals surface area contributed by atoms with E-state index >= 15 is 0 Å². The van der Waals surface area contributed by atoms with Crippen molar-refractivity contribution >= 4 is 37.5 Å². The predicted molar refractivity (Wildman–Crippen MR) is 95.4 cm³/mol. The highest BCUT2D eigenvalue weighted by atomic mass is 79.9. The highest BCUT2D eigenvalue weighted by Crippen LogP contribution is 2.19. The minimum atomic E-state index is -3.69. The maximum atomic E-state index is 12.3. The van der Waals surface area contributed by atoms with Crippen LogP contribution in [-0.2, 0) is 10.0 Å². The molecule has 0 radical (unpaired) electrons. The summed E-state index contributed by atoms with van der Waals surface area (Å²) in [5, 5.41) is 11.7. The lowest BCUT2D eigenvalue weighted by Crippen LogP contribution is -2.30. The molecular weight excluding hydrogens is 396 g/mol. The standard InChI is InChI=1S/C16H17BrN2O4S/c1-11(20)10-18-16(21)12-2-6-14(7-3-12)19-24(22,23)15-8-4-13(17)5-9-15/h2-9,11,19-20H,10H2,1H3,(H,18,21). The molecule has 128 valence electrons. The number of benzene rings is 2. The van der Waals surface area contributed by atoms with Crippen molar-refractivity contribution in [2.75, 3.05) is 11.3 Å². The Kier molecular flexibility index (Phi) is 5.98. The van der Waals surface area contributed by atoms with E-state index in [1.807, 2.05) is 0 Å². The van der Waals surface area contributed by atoms with Crippen LogP contribution in [0.4, 0.5) is 5.69 Å². The maximum absolute atomic E-state index is 12.3. The first-order chi connectivity index (χ1) is 11.3. The predicted octanol–water partition coefficient (Wildman–Crippen LogP) is 2.36. The third-order valence-corrected chi connectivity index (χ3v) is 5.01. The minimum absolute atomic E-state index is 0.143. The maximum Gasteiger partial charge on any atom is 0.261 e. The molecule has 0 bridgehead atoms. The fourth-order valence-electron chi connectivity index (χ4n) is 1.86. The van der Waals surface area contributed by atoms with Gasteiger partial charge in [0.2, 0.25) is 0 Å². The summed E-state index contributed by atoms with van der Waals surface area (Å²) in [6.45, 7) is 1.72. The lowest BCUT2D eigenvalue weighted by molar-refractivity contribution is 0.0924. The number of aliphatic hydroxyl groups excluding tert-OH is 1. The molecule has 0 aliphatic heterocycles. The largest absolute Gasteiger partial charge is 0.392 e. The average Bonchev–Trinajstić information content (AvgIpc) is 2.53. The third kappa shape index (κ3) is 5.05. The van der Waals surface area contributed by atoms with Crippen LogP contribution in [0.25, 0.3) is 0 Å². The van der Waals surface area contributed by atoms with E-state index in [-0.39, 0.29) is 17.3 Å². The van der Waals surface area contributed by atoms with E-state index in [1.54, 1.807) is 19.1 Å². The Morgan fingerprint density at radius 3 is 2.25 bits per heavy atom.